The Morgan fingerprint density at radius 2 is 2.04 bits per heavy atom. The predicted molar refractivity (Wildman–Crippen MR) is 98.9 cm³/mol. The largest absolute Gasteiger partial charge is 0.332 e. The van der Waals surface area contributed by atoms with Gasteiger partial charge in [-0.25, -0.2) is 9.78 Å². The van der Waals surface area contributed by atoms with Crippen molar-refractivity contribution in [2.75, 3.05) is 13.1 Å². The van der Waals surface area contributed by atoms with Gasteiger partial charge in [-0.05, 0) is 45.7 Å². The highest BCUT2D eigenvalue weighted by atomic mass is 16.2. The van der Waals surface area contributed by atoms with Crippen LogP contribution in [0.1, 0.15) is 32.5 Å². The van der Waals surface area contributed by atoms with Gasteiger partial charge in [-0.3, -0.25) is 13.9 Å². The number of nitrogens with one attached hydrogen (secondary N) is 1. The summed E-state index contributed by atoms with van der Waals surface area (Å²) in [5.74, 6) is 1.40. The summed E-state index contributed by atoms with van der Waals surface area (Å²) in [7, 11) is 3.20. The summed E-state index contributed by atoms with van der Waals surface area (Å²) in [5, 5.41) is 3.43. The molecule has 136 valence electrons. The topological polar surface area (TPSA) is 73.8 Å². The standard InChI is InChI=1S/C18H27N5O2/c1-12(2)7-9-23-14(10-13-6-5-8-19-11-13)20-16-15(23)17(24)22(4)18(25)21(16)3/h7,13,19H,5-6,8-11H2,1-4H3. The first-order chi connectivity index (χ1) is 11.9. The fourth-order valence-corrected chi connectivity index (χ4v) is 3.47. The van der Waals surface area contributed by atoms with Crippen LogP contribution in [-0.4, -0.2) is 31.8 Å². The van der Waals surface area contributed by atoms with Crippen LogP contribution >= 0.6 is 0 Å². The van der Waals surface area contributed by atoms with Crippen molar-refractivity contribution in [3.05, 3.63) is 38.3 Å². The first-order valence-electron chi connectivity index (χ1n) is 8.89. The van der Waals surface area contributed by atoms with Gasteiger partial charge in [0.15, 0.2) is 11.2 Å². The molecule has 0 bridgehead atoms. The Hall–Kier alpha value is -2.15. The Labute approximate surface area is 147 Å². The average molecular weight is 345 g/mol. The molecule has 1 saturated heterocycles. The molecule has 1 fully saturated rings. The zero-order chi connectivity index (χ0) is 18.1. The van der Waals surface area contributed by atoms with Crippen molar-refractivity contribution in [3.8, 4) is 0 Å². The summed E-state index contributed by atoms with van der Waals surface area (Å²) in [6.45, 7) is 6.72. The molecule has 3 heterocycles. The van der Waals surface area contributed by atoms with E-state index in [1.165, 1.54) is 23.6 Å². The lowest BCUT2D eigenvalue weighted by Gasteiger charge is -2.22. The number of imidazole rings is 1. The van der Waals surface area contributed by atoms with E-state index in [4.69, 9.17) is 4.98 Å². The smallest absolute Gasteiger partial charge is 0.318 e. The van der Waals surface area contributed by atoms with E-state index in [2.05, 4.69) is 11.4 Å². The van der Waals surface area contributed by atoms with Crippen molar-refractivity contribution in [1.82, 2.24) is 24.0 Å². The summed E-state index contributed by atoms with van der Waals surface area (Å²) >= 11 is 0. The molecule has 3 rings (SSSR count). The maximum absolute atomic E-state index is 12.7. The van der Waals surface area contributed by atoms with Crippen LogP contribution in [0.4, 0.5) is 0 Å². The lowest BCUT2D eigenvalue weighted by atomic mass is 9.96. The molecule has 1 aliphatic rings. The molecule has 1 aliphatic heterocycles. The number of nitrogens with zero attached hydrogens (tertiary/aromatic N) is 4. The number of hydrogen-bond acceptors (Lipinski definition) is 4. The number of rotatable bonds is 4. The summed E-state index contributed by atoms with van der Waals surface area (Å²) in [5.41, 5.74) is 1.57. The molecule has 0 aromatic carbocycles. The fourth-order valence-electron chi connectivity index (χ4n) is 3.47. The van der Waals surface area contributed by atoms with E-state index in [9.17, 15) is 9.59 Å². The molecule has 1 unspecified atom stereocenters. The highest BCUT2D eigenvalue weighted by Crippen LogP contribution is 2.19. The molecule has 1 atom stereocenters. The van der Waals surface area contributed by atoms with E-state index in [1.807, 2.05) is 18.4 Å². The van der Waals surface area contributed by atoms with Crippen LogP contribution in [0, 0.1) is 5.92 Å². The van der Waals surface area contributed by atoms with Crippen molar-refractivity contribution in [2.24, 2.45) is 20.0 Å². The Bertz CT molecular complexity index is 922. The van der Waals surface area contributed by atoms with Crippen LogP contribution in [-0.2, 0) is 27.1 Å². The van der Waals surface area contributed by atoms with Crippen molar-refractivity contribution in [3.63, 3.8) is 0 Å². The predicted octanol–water partition coefficient (Wildman–Crippen LogP) is 0.942. The van der Waals surface area contributed by atoms with E-state index in [0.717, 1.165) is 36.3 Å². The minimum absolute atomic E-state index is 0.277. The molecule has 0 amide bonds. The first-order valence-corrected chi connectivity index (χ1v) is 8.89. The number of allylic oxidation sites excluding steroid dienone is 2. The molecule has 7 heteroatoms. The van der Waals surface area contributed by atoms with Gasteiger partial charge in [0.25, 0.3) is 5.56 Å². The Balaban J connectivity index is 2.17. The zero-order valence-electron chi connectivity index (χ0n) is 15.5. The Morgan fingerprint density at radius 3 is 2.68 bits per heavy atom. The maximum atomic E-state index is 12.7. The lowest BCUT2D eigenvalue weighted by molar-refractivity contribution is 0.368. The summed E-state index contributed by atoms with van der Waals surface area (Å²) in [4.78, 5) is 29.7. The highest BCUT2D eigenvalue weighted by Gasteiger charge is 2.22. The van der Waals surface area contributed by atoms with Crippen LogP contribution in [0.3, 0.4) is 0 Å². The zero-order valence-corrected chi connectivity index (χ0v) is 15.5. The van der Waals surface area contributed by atoms with Gasteiger partial charge in [0, 0.05) is 27.1 Å². The third-order valence-corrected chi connectivity index (χ3v) is 4.98. The molecule has 0 aliphatic carbocycles. The lowest BCUT2D eigenvalue weighted by Crippen LogP contribution is -2.37. The van der Waals surface area contributed by atoms with Crippen LogP contribution in [0.15, 0.2) is 21.2 Å². The maximum Gasteiger partial charge on any atom is 0.332 e. The van der Waals surface area contributed by atoms with Gasteiger partial charge in [0.05, 0.1) is 0 Å². The molecule has 2 aromatic rings. The summed E-state index contributed by atoms with van der Waals surface area (Å²) in [6, 6.07) is 0. The van der Waals surface area contributed by atoms with Crippen molar-refractivity contribution in [2.45, 2.75) is 39.7 Å². The van der Waals surface area contributed by atoms with Gasteiger partial charge in [-0.1, -0.05) is 11.6 Å². The number of hydrogen-bond donors (Lipinski definition) is 1. The Morgan fingerprint density at radius 1 is 1.28 bits per heavy atom. The van der Waals surface area contributed by atoms with E-state index < -0.39 is 0 Å². The SMILES string of the molecule is CC(C)=CCn1c(CC2CCCNC2)nc2c1c(=O)n(C)c(=O)n2C. The summed E-state index contributed by atoms with van der Waals surface area (Å²) in [6.07, 6.45) is 5.23. The molecule has 0 spiro atoms. The summed E-state index contributed by atoms with van der Waals surface area (Å²) < 4.78 is 4.62. The monoisotopic (exact) mass is 345 g/mol. The molecule has 7 nitrogen and oxygen atoms in total. The molecule has 2 aromatic heterocycles. The van der Waals surface area contributed by atoms with Gasteiger partial charge in [0.2, 0.25) is 0 Å². The third kappa shape index (κ3) is 3.33. The Kier molecular flexibility index (Phi) is 4.94. The van der Waals surface area contributed by atoms with Gasteiger partial charge >= 0.3 is 5.69 Å². The molecular weight excluding hydrogens is 318 g/mol. The van der Waals surface area contributed by atoms with Crippen molar-refractivity contribution < 1.29 is 0 Å². The second-order valence-electron chi connectivity index (χ2n) is 7.21. The van der Waals surface area contributed by atoms with Crippen LogP contribution in [0.5, 0.6) is 0 Å². The van der Waals surface area contributed by atoms with Gasteiger partial charge < -0.3 is 9.88 Å². The number of aromatic nitrogens is 4. The van der Waals surface area contributed by atoms with Crippen molar-refractivity contribution >= 4 is 11.2 Å². The van der Waals surface area contributed by atoms with E-state index in [0.29, 0.717) is 23.6 Å². The fraction of sp³-hybridized carbons (Fsp3) is 0.611. The van der Waals surface area contributed by atoms with Crippen LogP contribution in [0.2, 0.25) is 0 Å². The third-order valence-electron chi connectivity index (χ3n) is 4.98. The quantitative estimate of drug-likeness (QED) is 0.837. The molecule has 25 heavy (non-hydrogen) atoms. The van der Waals surface area contributed by atoms with E-state index >= 15 is 0 Å². The second-order valence-corrected chi connectivity index (χ2v) is 7.21. The highest BCUT2D eigenvalue weighted by molar-refractivity contribution is 5.71. The number of aryl methyl sites for hydroxylation is 1. The molecule has 0 radical (unpaired) electrons. The van der Waals surface area contributed by atoms with Crippen LogP contribution in [0.25, 0.3) is 11.2 Å². The minimum Gasteiger partial charge on any atom is -0.318 e. The van der Waals surface area contributed by atoms with Gasteiger partial charge in [-0.2, -0.15) is 0 Å². The normalized spacial score (nSPS) is 17.8. The number of fused-ring (bicyclic) bond motifs is 1. The van der Waals surface area contributed by atoms with E-state index in [-0.39, 0.29) is 11.2 Å². The van der Waals surface area contributed by atoms with Gasteiger partial charge in [-0.15, -0.1) is 0 Å². The average Bonchev–Trinajstić information content (AvgIpc) is 2.95. The van der Waals surface area contributed by atoms with Gasteiger partial charge in [0.1, 0.15) is 5.82 Å². The van der Waals surface area contributed by atoms with Crippen LogP contribution < -0.4 is 16.6 Å². The molecular formula is C18H27N5O2. The molecule has 0 saturated carbocycles. The minimum atomic E-state index is -0.338. The first kappa shape index (κ1) is 17.7. The molecule has 1 N–H and O–H groups in total. The second kappa shape index (κ2) is 7.00. The van der Waals surface area contributed by atoms with E-state index in [1.54, 1.807) is 7.05 Å². The number of piperidine rings is 1. The van der Waals surface area contributed by atoms with Crippen molar-refractivity contribution in [1.29, 1.82) is 0 Å².